The summed E-state index contributed by atoms with van der Waals surface area (Å²) in [6, 6.07) is 12.6. The molecule has 0 saturated carbocycles. The van der Waals surface area contributed by atoms with Gasteiger partial charge in [0.15, 0.2) is 0 Å². The van der Waals surface area contributed by atoms with Gasteiger partial charge in [0.1, 0.15) is 5.82 Å². The van der Waals surface area contributed by atoms with E-state index in [0.29, 0.717) is 0 Å². The van der Waals surface area contributed by atoms with E-state index >= 15 is 0 Å². The molecule has 0 bridgehead atoms. The van der Waals surface area contributed by atoms with Crippen LogP contribution < -0.4 is 10.2 Å². The van der Waals surface area contributed by atoms with Crippen LogP contribution in [0.2, 0.25) is 0 Å². The van der Waals surface area contributed by atoms with Crippen molar-refractivity contribution in [2.75, 3.05) is 23.3 Å². The predicted octanol–water partition coefficient (Wildman–Crippen LogP) is 4.58. The number of halogens is 1. The average molecular weight is 332 g/mol. The molecule has 4 heteroatoms. The van der Waals surface area contributed by atoms with Crippen LogP contribution in [0.5, 0.6) is 0 Å². The van der Waals surface area contributed by atoms with Crippen LogP contribution in [-0.4, -0.2) is 18.1 Å². The first-order chi connectivity index (χ1) is 9.81. The Labute approximate surface area is 128 Å². The van der Waals surface area contributed by atoms with E-state index in [4.69, 9.17) is 0 Å². The Kier molecular flexibility index (Phi) is 4.21. The van der Waals surface area contributed by atoms with Gasteiger partial charge in [-0.3, -0.25) is 0 Å². The molecule has 1 saturated heterocycles. The van der Waals surface area contributed by atoms with Crippen LogP contribution in [0.15, 0.2) is 47.1 Å². The largest absolute Gasteiger partial charge is 0.372 e. The second-order valence-corrected chi connectivity index (χ2v) is 6.00. The van der Waals surface area contributed by atoms with Gasteiger partial charge in [-0.2, -0.15) is 0 Å². The maximum Gasteiger partial charge on any atom is 0.130 e. The predicted molar refractivity (Wildman–Crippen MR) is 87.7 cm³/mol. The molecule has 3 rings (SSSR count). The van der Waals surface area contributed by atoms with Crippen LogP contribution in [0.3, 0.4) is 0 Å². The van der Waals surface area contributed by atoms with Crippen molar-refractivity contribution >= 4 is 33.1 Å². The summed E-state index contributed by atoms with van der Waals surface area (Å²) in [5.41, 5.74) is 2.39. The molecular formula is C16H18BrN3. The molecule has 0 amide bonds. The van der Waals surface area contributed by atoms with Crippen molar-refractivity contribution in [1.29, 1.82) is 0 Å². The third-order valence-electron chi connectivity index (χ3n) is 3.59. The van der Waals surface area contributed by atoms with Gasteiger partial charge in [0.25, 0.3) is 0 Å². The van der Waals surface area contributed by atoms with Crippen LogP contribution in [0.25, 0.3) is 0 Å². The number of rotatable bonds is 3. The molecule has 0 radical (unpaired) electrons. The van der Waals surface area contributed by atoms with E-state index in [2.05, 4.69) is 55.4 Å². The Morgan fingerprint density at radius 1 is 0.950 bits per heavy atom. The van der Waals surface area contributed by atoms with Crippen LogP contribution in [-0.2, 0) is 0 Å². The highest BCUT2D eigenvalue weighted by atomic mass is 79.9. The van der Waals surface area contributed by atoms with Crippen LogP contribution in [0, 0.1) is 0 Å². The lowest BCUT2D eigenvalue weighted by atomic mass is 10.1. The van der Waals surface area contributed by atoms with Crippen LogP contribution >= 0.6 is 15.9 Å². The molecule has 104 valence electrons. The summed E-state index contributed by atoms with van der Waals surface area (Å²) in [7, 11) is 0. The lowest BCUT2D eigenvalue weighted by molar-refractivity contribution is 0.578. The van der Waals surface area contributed by atoms with Crippen LogP contribution in [0.4, 0.5) is 17.2 Å². The van der Waals surface area contributed by atoms with Gasteiger partial charge in [0, 0.05) is 35.1 Å². The molecule has 20 heavy (non-hydrogen) atoms. The first kappa shape index (κ1) is 13.4. The molecule has 3 nitrogen and oxygen atoms in total. The fraction of sp³-hybridized carbons (Fsp3) is 0.312. The van der Waals surface area contributed by atoms with Gasteiger partial charge < -0.3 is 10.2 Å². The number of aromatic nitrogens is 1. The molecule has 2 heterocycles. The zero-order chi connectivity index (χ0) is 13.8. The Balaban J connectivity index is 1.67. The topological polar surface area (TPSA) is 28.2 Å². The third kappa shape index (κ3) is 3.31. The van der Waals surface area contributed by atoms with Gasteiger partial charge in [-0.15, -0.1) is 0 Å². The highest BCUT2D eigenvalue weighted by molar-refractivity contribution is 9.10. The summed E-state index contributed by atoms with van der Waals surface area (Å²) in [5.74, 6) is 0.860. The van der Waals surface area contributed by atoms with Crippen molar-refractivity contribution in [3.8, 4) is 0 Å². The molecule has 1 aliphatic rings. The van der Waals surface area contributed by atoms with Gasteiger partial charge in [-0.05, 0) is 71.6 Å². The summed E-state index contributed by atoms with van der Waals surface area (Å²) in [4.78, 5) is 6.78. The summed E-state index contributed by atoms with van der Waals surface area (Å²) in [6.07, 6.45) is 5.78. The summed E-state index contributed by atoms with van der Waals surface area (Å²) >= 11 is 3.39. The lowest BCUT2D eigenvalue weighted by Gasteiger charge is -2.28. The van der Waals surface area contributed by atoms with E-state index < -0.39 is 0 Å². The van der Waals surface area contributed by atoms with Crippen molar-refractivity contribution in [1.82, 2.24) is 4.98 Å². The minimum Gasteiger partial charge on any atom is -0.372 e. The average Bonchev–Trinajstić information content (AvgIpc) is 2.51. The second-order valence-electron chi connectivity index (χ2n) is 5.08. The number of benzene rings is 1. The molecule has 1 fully saturated rings. The summed E-state index contributed by atoms with van der Waals surface area (Å²) < 4.78 is 0.989. The van der Waals surface area contributed by atoms with Crippen molar-refractivity contribution in [2.45, 2.75) is 19.3 Å². The number of pyridine rings is 1. The number of hydrogen-bond acceptors (Lipinski definition) is 3. The number of nitrogens with zero attached hydrogens (tertiary/aromatic N) is 2. The molecule has 1 aliphatic heterocycles. The van der Waals surface area contributed by atoms with Gasteiger partial charge in [-0.1, -0.05) is 0 Å². The zero-order valence-corrected chi connectivity index (χ0v) is 12.9. The molecule has 1 aromatic heterocycles. The maximum atomic E-state index is 4.32. The SMILES string of the molecule is Brc1ccc(Nc2ccc(N3CCCCC3)cc2)nc1. The van der Waals surface area contributed by atoms with Gasteiger partial charge in [0.2, 0.25) is 0 Å². The molecule has 1 aromatic carbocycles. The third-order valence-corrected chi connectivity index (χ3v) is 4.06. The highest BCUT2D eigenvalue weighted by Gasteiger charge is 2.10. The first-order valence-electron chi connectivity index (χ1n) is 7.05. The van der Waals surface area contributed by atoms with Gasteiger partial charge >= 0.3 is 0 Å². The molecular weight excluding hydrogens is 314 g/mol. The fourth-order valence-corrected chi connectivity index (χ4v) is 2.74. The minimum atomic E-state index is 0.860. The van der Waals surface area contributed by atoms with E-state index in [1.165, 1.54) is 38.0 Å². The Morgan fingerprint density at radius 2 is 1.70 bits per heavy atom. The molecule has 0 spiro atoms. The van der Waals surface area contributed by atoms with Gasteiger partial charge in [0.05, 0.1) is 0 Å². The van der Waals surface area contributed by atoms with Crippen molar-refractivity contribution in [2.24, 2.45) is 0 Å². The maximum absolute atomic E-state index is 4.32. The Hall–Kier alpha value is -1.55. The fourth-order valence-electron chi connectivity index (χ4n) is 2.51. The standard InChI is InChI=1S/C16H18BrN3/c17-13-4-9-16(18-12-13)19-14-5-7-15(8-6-14)20-10-2-1-3-11-20/h4-9,12H,1-3,10-11H2,(H,18,19). The van der Waals surface area contributed by atoms with Crippen molar-refractivity contribution < 1.29 is 0 Å². The van der Waals surface area contributed by atoms with E-state index in [-0.39, 0.29) is 0 Å². The number of hydrogen-bond donors (Lipinski definition) is 1. The van der Waals surface area contributed by atoms with E-state index in [1.807, 2.05) is 12.1 Å². The second kappa shape index (κ2) is 6.27. The number of nitrogens with one attached hydrogen (secondary N) is 1. The quantitative estimate of drug-likeness (QED) is 0.892. The first-order valence-corrected chi connectivity index (χ1v) is 7.84. The minimum absolute atomic E-state index is 0.860. The lowest BCUT2D eigenvalue weighted by Crippen LogP contribution is -2.29. The van der Waals surface area contributed by atoms with E-state index in [1.54, 1.807) is 6.20 Å². The van der Waals surface area contributed by atoms with E-state index in [0.717, 1.165) is 16.0 Å². The van der Waals surface area contributed by atoms with Crippen molar-refractivity contribution in [3.05, 3.63) is 47.1 Å². The van der Waals surface area contributed by atoms with Crippen LogP contribution in [0.1, 0.15) is 19.3 Å². The molecule has 0 unspecified atom stereocenters. The molecule has 0 aliphatic carbocycles. The van der Waals surface area contributed by atoms with Crippen molar-refractivity contribution in [3.63, 3.8) is 0 Å². The smallest absolute Gasteiger partial charge is 0.130 e. The van der Waals surface area contributed by atoms with Gasteiger partial charge in [-0.25, -0.2) is 4.98 Å². The highest BCUT2D eigenvalue weighted by Crippen LogP contribution is 2.23. The zero-order valence-electron chi connectivity index (χ0n) is 11.3. The summed E-state index contributed by atoms with van der Waals surface area (Å²) in [6.45, 7) is 2.36. The Morgan fingerprint density at radius 3 is 2.35 bits per heavy atom. The molecule has 2 aromatic rings. The number of anilines is 3. The monoisotopic (exact) mass is 331 g/mol. The number of piperidine rings is 1. The molecule has 1 N–H and O–H groups in total. The Bertz CT molecular complexity index is 545. The summed E-state index contributed by atoms with van der Waals surface area (Å²) in [5, 5.41) is 3.31. The normalized spacial score (nSPS) is 15.2. The van der Waals surface area contributed by atoms with E-state index in [9.17, 15) is 0 Å². The molecule has 0 atom stereocenters.